The van der Waals surface area contributed by atoms with Crippen LogP contribution in [0.15, 0.2) is 101 Å². The minimum Gasteiger partial charge on any atom is -0.459 e. The van der Waals surface area contributed by atoms with Gasteiger partial charge in [0, 0.05) is 11.8 Å². The molecule has 1 amide bonds. The topological polar surface area (TPSA) is 59.5 Å². The van der Waals surface area contributed by atoms with Gasteiger partial charge >= 0.3 is 0 Å². The Kier molecular flexibility index (Phi) is 4.33. The van der Waals surface area contributed by atoms with E-state index in [0.717, 1.165) is 28.2 Å². The van der Waals surface area contributed by atoms with Gasteiger partial charge in [-0.3, -0.25) is 9.79 Å². The molecule has 0 unspecified atom stereocenters. The number of hydrogen-bond donors (Lipinski definition) is 1. The summed E-state index contributed by atoms with van der Waals surface area (Å²) in [5.41, 5.74) is 5.12. The Morgan fingerprint density at radius 2 is 1.79 bits per heavy atom. The van der Waals surface area contributed by atoms with Crippen molar-refractivity contribution in [3.63, 3.8) is 0 Å². The summed E-state index contributed by atoms with van der Waals surface area (Å²) in [4.78, 5) is 17.5. The van der Waals surface area contributed by atoms with Crippen LogP contribution in [0.2, 0.25) is 0 Å². The Labute approximate surface area is 168 Å². The molecule has 0 saturated carbocycles. The van der Waals surface area contributed by atoms with Gasteiger partial charge in [-0.25, -0.2) is 0 Å². The number of aromatic nitrogens is 1. The number of furan rings is 1. The largest absolute Gasteiger partial charge is 0.459 e. The molecule has 4 aromatic rings. The fourth-order valence-electron chi connectivity index (χ4n) is 3.74. The molecule has 0 fully saturated rings. The van der Waals surface area contributed by atoms with E-state index < -0.39 is 0 Å². The van der Waals surface area contributed by atoms with Crippen LogP contribution >= 0.6 is 0 Å². The standard InChI is InChI=1S/C24H19N3O2/c28-24(22-13-7-15-29-22)25-16-19-21-12-6-14-27(21)20-11-5-4-10-18(20)23(26-19)17-8-2-1-3-9-17/h1-15,23H,16H2,(H,25,28)/t23-/m0/s1. The van der Waals surface area contributed by atoms with E-state index in [1.54, 1.807) is 12.1 Å². The molecule has 1 N–H and O–H groups in total. The number of benzene rings is 2. The molecule has 2 aromatic carbocycles. The molecule has 0 radical (unpaired) electrons. The summed E-state index contributed by atoms with van der Waals surface area (Å²) in [6.07, 6.45) is 3.52. The predicted molar refractivity (Wildman–Crippen MR) is 112 cm³/mol. The van der Waals surface area contributed by atoms with Crippen molar-refractivity contribution in [2.45, 2.75) is 6.04 Å². The van der Waals surface area contributed by atoms with Crippen molar-refractivity contribution in [3.8, 4) is 5.69 Å². The van der Waals surface area contributed by atoms with Gasteiger partial charge in [0.1, 0.15) is 6.04 Å². The summed E-state index contributed by atoms with van der Waals surface area (Å²) < 4.78 is 7.33. The maximum absolute atomic E-state index is 12.4. The zero-order chi connectivity index (χ0) is 19.6. The minimum absolute atomic E-state index is 0.150. The van der Waals surface area contributed by atoms with E-state index in [1.807, 2.05) is 48.7 Å². The number of para-hydroxylation sites is 1. The van der Waals surface area contributed by atoms with Crippen LogP contribution < -0.4 is 5.32 Å². The summed E-state index contributed by atoms with van der Waals surface area (Å²) >= 11 is 0. The number of aliphatic imine (C=N–C) groups is 1. The molecule has 5 heteroatoms. The van der Waals surface area contributed by atoms with Gasteiger partial charge in [-0.1, -0.05) is 48.5 Å². The third-order valence-electron chi connectivity index (χ3n) is 5.10. The highest BCUT2D eigenvalue weighted by atomic mass is 16.3. The number of fused-ring (bicyclic) bond motifs is 3. The van der Waals surface area contributed by atoms with Crippen molar-refractivity contribution < 1.29 is 9.21 Å². The third kappa shape index (κ3) is 3.17. The Bertz CT molecular complexity index is 1170. The van der Waals surface area contributed by atoms with Crippen LogP contribution in [0.25, 0.3) is 5.69 Å². The molecule has 1 aliphatic rings. The van der Waals surface area contributed by atoms with Crippen LogP contribution in [0.4, 0.5) is 0 Å². The Hall–Kier alpha value is -3.86. The molecule has 1 atom stereocenters. The second kappa shape index (κ2) is 7.28. The van der Waals surface area contributed by atoms with E-state index in [9.17, 15) is 4.79 Å². The Morgan fingerprint density at radius 1 is 0.966 bits per heavy atom. The number of hydrogen-bond acceptors (Lipinski definition) is 3. The smallest absolute Gasteiger partial charge is 0.287 e. The molecule has 0 spiro atoms. The van der Waals surface area contributed by atoms with Crippen LogP contribution in [-0.2, 0) is 0 Å². The SMILES string of the molecule is O=C(NCC1=N[C@@H](c2ccccc2)c2ccccc2-n2cccc21)c1ccco1. The number of carbonyl (C=O) groups is 1. The molecule has 0 bridgehead atoms. The van der Waals surface area contributed by atoms with Crippen LogP contribution in [0.3, 0.4) is 0 Å². The summed E-state index contributed by atoms with van der Waals surface area (Å²) in [5.74, 6) is 0.0336. The van der Waals surface area contributed by atoms with Gasteiger partial charge in [0.2, 0.25) is 0 Å². The first-order valence-electron chi connectivity index (χ1n) is 9.51. The fraction of sp³-hybridized carbons (Fsp3) is 0.0833. The predicted octanol–water partition coefficient (Wildman–Crippen LogP) is 4.39. The molecule has 29 heavy (non-hydrogen) atoms. The van der Waals surface area contributed by atoms with Gasteiger partial charge in [-0.05, 0) is 35.9 Å². The molecular weight excluding hydrogens is 362 g/mol. The lowest BCUT2D eigenvalue weighted by Gasteiger charge is -2.16. The number of nitrogens with zero attached hydrogens (tertiary/aromatic N) is 2. The van der Waals surface area contributed by atoms with Crippen LogP contribution in [0, 0.1) is 0 Å². The molecule has 0 aliphatic carbocycles. The van der Waals surface area contributed by atoms with Crippen LogP contribution in [-0.4, -0.2) is 22.7 Å². The quantitative estimate of drug-likeness (QED) is 0.570. The third-order valence-corrected chi connectivity index (χ3v) is 5.10. The van der Waals surface area contributed by atoms with E-state index in [1.165, 1.54) is 6.26 Å². The summed E-state index contributed by atoms with van der Waals surface area (Å²) in [5, 5.41) is 2.94. The Morgan fingerprint density at radius 3 is 2.62 bits per heavy atom. The average Bonchev–Trinajstić information content (AvgIpc) is 3.45. The number of nitrogens with one attached hydrogen (secondary N) is 1. The van der Waals surface area contributed by atoms with Gasteiger partial charge < -0.3 is 14.3 Å². The maximum atomic E-state index is 12.4. The second-order valence-electron chi connectivity index (χ2n) is 6.87. The number of rotatable bonds is 4. The van der Waals surface area contributed by atoms with E-state index in [-0.39, 0.29) is 17.7 Å². The highest BCUT2D eigenvalue weighted by molar-refractivity contribution is 6.04. The van der Waals surface area contributed by atoms with Crippen molar-refractivity contribution in [1.82, 2.24) is 9.88 Å². The first-order valence-corrected chi connectivity index (χ1v) is 9.51. The summed E-state index contributed by atoms with van der Waals surface area (Å²) in [6, 6.07) is 25.8. The van der Waals surface area contributed by atoms with E-state index >= 15 is 0 Å². The van der Waals surface area contributed by atoms with Gasteiger partial charge in [0.15, 0.2) is 5.76 Å². The van der Waals surface area contributed by atoms with Gasteiger partial charge in [0.25, 0.3) is 5.91 Å². The normalized spacial score (nSPS) is 15.0. The lowest BCUT2D eigenvalue weighted by atomic mass is 9.98. The van der Waals surface area contributed by atoms with Crippen LogP contribution in [0.1, 0.15) is 33.4 Å². The highest BCUT2D eigenvalue weighted by Crippen LogP contribution is 2.34. The molecule has 1 aliphatic heterocycles. The number of amides is 1. The zero-order valence-electron chi connectivity index (χ0n) is 15.7. The van der Waals surface area contributed by atoms with Crippen molar-refractivity contribution in [3.05, 3.63) is 114 Å². The first-order chi connectivity index (χ1) is 14.3. The molecule has 5 nitrogen and oxygen atoms in total. The maximum Gasteiger partial charge on any atom is 0.287 e. The molecule has 5 rings (SSSR count). The first kappa shape index (κ1) is 17.3. The monoisotopic (exact) mass is 381 g/mol. The minimum atomic E-state index is -0.256. The average molecular weight is 381 g/mol. The van der Waals surface area contributed by atoms with Crippen molar-refractivity contribution in [2.24, 2.45) is 4.99 Å². The summed E-state index contributed by atoms with van der Waals surface area (Å²) in [6.45, 7) is 0.306. The van der Waals surface area contributed by atoms with Gasteiger partial charge in [-0.15, -0.1) is 0 Å². The molecule has 0 saturated heterocycles. The molecule has 2 aromatic heterocycles. The molecule has 3 heterocycles. The van der Waals surface area contributed by atoms with Gasteiger partial charge in [0.05, 0.1) is 29.9 Å². The van der Waals surface area contributed by atoms with Crippen molar-refractivity contribution in [1.29, 1.82) is 0 Å². The van der Waals surface area contributed by atoms with E-state index in [4.69, 9.17) is 9.41 Å². The Balaban J connectivity index is 1.58. The van der Waals surface area contributed by atoms with Crippen molar-refractivity contribution >= 4 is 11.6 Å². The highest BCUT2D eigenvalue weighted by Gasteiger charge is 2.24. The van der Waals surface area contributed by atoms with Crippen LogP contribution in [0.5, 0.6) is 0 Å². The lowest BCUT2D eigenvalue weighted by molar-refractivity contribution is 0.0932. The molecule has 142 valence electrons. The number of carbonyl (C=O) groups excluding carboxylic acids is 1. The second-order valence-corrected chi connectivity index (χ2v) is 6.87. The fourth-order valence-corrected chi connectivity index (χ4v) is 3.74. The zero-order valence-corrected chi connectivity index (χ0v) is 15.7. The lowest BCUT2D eigenvalue weighted by Crippen LogP contribution is -2.30. The van der Waals surface area contributed by atoms with Crippen molar-refractivity contribution in [2.75, 3.05) is 6.54 Å². The molecular formula is C24H19N3O2. The van der Waals surface area contributed by atoms with E-state index in [2.05, 4.69) is 34.1 Å². The van der Waals surface area contributed by atoms with Gasteiger partial charge in [-0.2, -0.15) is 0 Å². The summed E-state index contributed by atoms with van der Waals surface area (Å²) in [7, 11) is 0. The van der Waals surface area contributed by atoms with E-state index in [0.29, 0.717) is 6.54 Å².